The molecule has 0 unspecified atom stereocenters. The number of hydrogen-bond donors (Lipinski definition) is 0. The van der Waals surface area contributed by atoms with Gasteiger partial charge in [0.1, 0.15) is 11.3 Å². The number of benzene rings is 1. The Balaban J connectivity index is 3.29. The van der Waals surface area contributed by atoms with Gasteiger partial charge in [-0.3, -0.25) is 0 Å². The molecule has 17 heavy (non-hydrogen) atoms. The number of hydrogen-bond acceptors (Lipinski definition) is 3. The molecule has 0 aliphatic heterocycles. The van der Waals surface area contributed by atoms with Gasteiger partial charge in [-0.1, -0.05) is 15.9 Å². The van der Waals surface area contributed by atoms with E-state index in [0.717, 1.165) is 0 Å². The first kappa shape index (κ1) is 14.4. The maximum Gasteiger partial charge on any atom is 0.387 e. The molecular weight excluding hydrogens is 366 g/mol. The first-order chi connectivity index (χ1) is 7.99. The summed E-state index contributed by atoms with van der Waals surface area (Å²) in [6.45, 7) is -3.00. The van der Waals surface area contributed by atoms with Crippen molar-refractivity contribution in [2.75, 3.05) is 7.11 Å². The summed E-state index contributed by atoms with van der Waals surface area (Å²) in [5.74, 6) is -0.954. The fourth-order valence-corrected chi connectivity index (χ4v) is 2.18. The number of ether oxygens (including phenoxy) is 2. The Hall–Kier alpha value is -0.690. The Bertz CT molecular complexity index is 424. The van der Waals surface area contributed by atoms with Gasteiger partial charge in [-0.25, -0.2) is 4.79 Å². The number of carbonyl (C=O) groups is 1. The summed E-state index contributed by atoms with van der Waals surface area (Å²) in [5, 5.41) is 0.451. The number of rotatable bonds is 4. The van der Waals surface area contributed by atoms with Crippen LogP contribution < -0.4 is 4.74 Å². The van der Waals surface area contributed by atoms with Crippen molar-refractivity contribution in [2.24, 2.45) is 0 Å². The molecule has 94 valence electrons. The van der Waals surface area contributed by atoms with Crippen molar-refractivity contribution in [3.8, 4) is 5.75 Å². The highest BCUT2D eigenvalue weighted by atomic mass is 79.9. The molecule has 0 saturated carbocycles. The van der Waals surface area contributed by atoms with Crippen LogP contribution in [0.15, 0.2) is 16.6 Å². The molecule has 0 amide bonds. The molecule has 0 bridgehead atoms. The molecule has 0 atom stereocenters. The maximum atomic E-state index is 12.2. The van der Waals surface area contributed by atoms with Gasteiger partial charge in [-0.2, -0.15) is 8.78 Å². The van der Waals surface area contributed by atoms with Crippen LogP contribution in [0.25, 0.3) is 0 Å². The average molecular weight is 374 g/mol. The Kier molecular flexibility index (Phi) is 5.32. The second-order valence-electron chi connectivity index (χ2n) is 2.95. The molecule has 0 N–H and O–H groups in total. The lowest BCUT2D eigenvalue weighted by Gasteiger charge is -2.12. The van der Waals surface area contributed by atoms with Crippen LogP contribution in [-0.2, 0) is 10.1 Å². The predicted octanol–water partition coefficient (Wildman–Crippen LogP) is 3.73. The van der Waals surface area contributed by atoms with Gasteiger partial charge in [0.25, 0.3) is 0 Å². The van der Waals surface area contributed by atoms with Crippen LogP contribution in [0.1, 0.15) is 15.9 Å². The Labute approximate surface area is 113 Å². The Morgan fingerprint density at radius 3 is 2.59 bits per heavy atom. The number of esters is 1. The van der Waals surface area contributed by atoms with E-state index >= 15 is 0 Å². The summed E-state index contributed by atoms with van der Waals surface area (Å²) in [4.78, 5) is 11.4. The van der Waals surface area contributed by atoms with Crippen LogP contribution in [0, 0.1) is 0 Å². The second-order valence-corrected chi connectivity index (χ2v) is 4.37. The van der Waals surface area contributed by atoms with E-state index in [9.17, 15) is 13.6 Å². The van der Waals surface area contributed by atoms with Gasteiger partial charge in [0.05, 0.1) is 7.11 Å². The molecule has 0 aromatic heterocycles. The first-order valence-corrected chi connectivity index (χ1v) is 6.32. The Morgan fingerprint density at radius 1 is 1.47 bits per heavy atom. The van der Waals surface area contributed by atoms with E-state index in [2.05, 4.69) is 41.3 Å². The molecule has 7 heteroatoms. The normalized spacial score (nSPS) is 10.5. The monoisotopic (exact) mass is 372 g/mol. The molecule has 0 aliphatic carbocycles. The van der Waals surface area contributed by atoms with Crippen molar-refractivity contribution in [3.05, 3.63) is 27.7 Å². The zero-order valence-electron chi connectivity index (χ0n) is 8.68. The van der Waals surface area contributed by atoms with Crippen molar-refractivity contribution in [2.45, 2.75) is 11.9 Å². The van der Waals surface area contributed by atoms with Gasteiger partial charge >= 0.3 is 12.6 Å². The molecule has 0 aliphatic rings. The number of alkyl halides is 3. The fourth-order valence-electron chi connectivity index (χ4n) is 1.20. The summed E-state index contributed by atoms with van der Waals surface area (Å²) < 4.78 is 33.6. The molecule has 0 spiro atoms. The van der Waals surface area contributed by atoms with Crippen molar-refractivity contribution in [3.63, 3.8) is 0 Å². The highest BCUT2D eigenvalue weighted by molar-refractivity contribution is 9.10. The van der Waals surface area contributed by atoms with E-state index < -0.39 is 12.6 Å². The molecule has 0 saturated heterocycles. The topological polar surface area (TPSA) is 35.5 Å². The minimum absolute atomic E-state index is 0.0579. The summed E-state index contributed by atoms with van der Waals surface area (Å²) in [6, 6.07) is 2.98. The quantitative estimate of drug-likeness (QED) is 0.595. The standard InChI is InChI=1S/C10H8Br2F2O3/c1-16-9(15)8-6(12)2-5(4-11)3-7(8)17-10(13)14/h2-3,10H,4H2,1H3. The van der Waals surface area contributed by atoms with Gasteiger partial charge in [0.15, 0.2) is 0 Å². The molecule has 3 nitrogen and oxygen atoms in total. The highest BCUT2D eigenvalue weighted by Crippen LogP contribution is 2.31. The van der Waals surface area contributed by atoms with E-state index in [4.69, 9.17) is 0 Å². The molecule has 0 radical (unpaired) electrons. The SMILES string of the molecule is COC(=O)c1c(Br)cc(CBr)cc1OC(F)F. The molecule has 1 aromatic carbocycles. The van der Waals surface area contributed by atoms with Gasteiger partial charge in [-0.15, -0.1) is 0 Å². The summed E-state index contributed by atoms with van der Waals surface area (Å²) in [5.41, 5.74) is 0.637. The van der Waals surface area contributed by atoms with Gasteiger partial charge < -0.3 is 9.47 Å². The third kappa shape index (κ3) is 3.64. The maximum absolute atomic E-state index is 12.2. The van der Waals surface area contributed by atoms with Crippen LogP contribution in [-0.4, -0.2) is 19.7 Å². The third-order valence-electron chi connectivity index (χ3n) is 1.87. The summed E-state index contributed by atoms with van der Waals surface area (Å²) in [6.07, 6.45) is 0. The van der Waals surface area contributed by atoms with Gasteiger partial charge in [-0.05, 0) is 33.6 Å². The third-order valence-corrected chi connectivity index (χ3v) is 3.15. The van der Waals surface area contributed by atoms with E-state index in [1.165, 1.54) is 13.2 Å². The number of halogens is 4. The lowest BCUT2D eigenvalue weighted by atomic mass is 10.1. The highest BCUT2D eigenvalue weighted by Gasteiger charge is 2.20. The van der Waals surface area contributed by atoms with Crippen LogP contribution >= 0.6 is 31.9 Å². The van der Waals surface area contributed by atoms with Crippen molar-refractivity contribution < 1.29 is 23.0 Å². The van der Waals surface area contributed by atoms with Crippen molar-refractivity contribution in [1.82, 2.24) is 0 Å². The minimum atomic E-state index is -3.00. The zero-order chi connectivity index (χ0) is 13.0. The van der Waals surface area contributed by atoms with Crippen molar-refractivity contribution >= 4 is 37.8 Å². The summed E-state index contributed by atoms with van der Waals surface area (Å²) >= 11 is 6.31. The van der Waals surface area contributed by atoms with E-state index in [1.807, 2.05) is 0 Å². The van der Waals surface area contributed by atoms with Crippen LogP contribution in [0.2, 0.25) is 0 Å². The number of carbonyl (C=O) groups excluding carboxylic acids is 1. The van der Waals surface area contributed by atoms with Crippen LogP contribution in [0.5, 0.6) is 5.75 Å². The zero-order valence-corrected chi connectivity index (χ0v) is 11.8. The molecule has 1 rings (SSSR count). The molecular formula is C10H8Br2F2O3. The average Bonchev–Trinajstić information content (AvgIpc) is 2.26. The van der Waals surface area contributed by atoms with Crippen LogP contribution in [0.3, 0.4) is 0 Å². The van der Waals surface area contributed by atoms with E-state index in [1.54, 1.807) is 6.07 Å². The second kappa shape index (κ2) is 6.30. The van der Waals surface area contributed by atoms with Gasteiger partial charge in [0.2, 0.25) is 0 Å². The molecule has 0 fully saturated rings. The van der Waals surface area contributed by atoms with Crippen molar-refractivity contribution in [1.29, 1.82) is 0 Å². The lowest BCUT2D eigenvalue weighted by molar-refractivity contribution is -0.0504. The minimum Gasteiger partial charge on any atom is -0.465 e. The largest absolute Gasteiger partial charge is 0.465 e. The lowest BCUT2D eigenvalue weighted by Crippen LogP contribution is -2.10. The van der Waals surface area contributed by atoms with Crippen LogP contribution in [0.4, 0.5) is 8.78 Å². The predicted molar refractivity (Wildman–Crippen MR) is 64.7 cm³/mol. The van der Waals surface area contributed by atoms with E-state index in [-0.39, 0.29) is 11.3 Å². The molecule has 0 heterocycles. The summed E-state index contributed by atoms with van der Waals surface area (Å²) in [7, 11) is 1.17. The van der Waals surface area contributed by atoms with E-state index in [0.29, 0.717) is 15.4 Å². The fraction of sp³-hybridized carbons (Fsp3) is 0.300. The first-order valence-electron chi connectivity index (χ1n) is 4.41. The molecule has 1 aromatic rings. The Morgan fingerprint density at radius 2 is 2.12 bits per heavy atom. The van der Waals surface area contributed by atoms with Gasteiger partial charge in [0, 0.05) is 9.80 Å². The number of methoxy groups -OCH3 is 1. The smallest absolute Gasteiger partial charge is 0.387 e.